The summed E-state index contributed by atoms with van der Waals surface area (Å²) in [7, 11) is 0. The molecule has 9 heteroatoms. The van der Waals surface area contributed by atoms with E-state index in [-0.39, 0.29) is 11.9 Å². The lowest BCUT2D eigenvalue weighted by atomic mass is 10.1. The van der Waals surface area contributed by atoms with Crippen LogP contribution in [0.1, 0.15) is 6.92 Å². The fourth-order valence-electron chi connectivity index (χ4n) is 3.71. The highest BCUT2D eigenvalue weighted by Gasteiger charge is 2.19. The SMILES string of the molecule is CC(=O)N1CCN(c2cccc(-c3cc4nc(-c5ccco5)nn4c(N)n3)c2)CC1. The van der Waals surface area contributed by atoms with E-state index >= 15 is 0 Å². The number of furan rings is 1. The third kappa shape index (κ3) is 3.24. The van der Waals surface area contributed by atoms with Crippen LogP contribution >= 0.6 is 0 Å². The molecule has 1 aliphatic rings. The minimum absolute atomic E-state index is 0.124. The van der Waals surface area contributed by atoms with E-state index < -0.39 is 0 Å². The zero-order valence-corrected chi connectivity index (χ0v) is 16.5. The zero-order valence-electron chi connectivity index (χ0n) is 16.5. The van der Waals surface area contributed by atoms with Crippen molar-refractivity contribution in [3.63, 3.8) is 0 Å². The minimum atomic E-state index is 0.124. The van der Waals surface area contributed by atoms with Crippen LogP contribution in [-0.2, 0) is 4.79 Å². The maximum Gasteiger partial charge on any atom is 0.223 e. The maximum atomic E-state index is 11.6. The van der Waals surface area contributed by atoms with Gasteiger partial charge in [-0.15, -0.1) is 5.10 Å². The zero-order chi connectivity index (χ0) is 20.7. The fraction of sp³-hybridized carbons (Fsp3) is 0.238. The predicted octanol–water partition coefficient (Wildman–Crippen LogP) is 2.30. The van der Waals surface area contributed by atoms with E-state index in [4.69, 9.17) is 10.2 Å². The van der Waals surface area contributed by atoms with Crippen molar-refractivity contribution in [1.29, 1.82) is 0 Å². The van der Waals surface area contributed by atoms with Gasteiger partial charge in [-0.3, -0.25) is 4.79 Å². The third-order valence-electron chi connectivity index (χ3n) is 5.32. The van der Waals surface area contributed by atoms with Crippen molar-refractivity contribution in [1.82, 2.24) is 24.5 Å². The molecule has 30 heavy (non-hydrogen) atoms. The molecule has 0 radical (unpaired) electrons. The van der Waals surface area contributed by atoms with Gasteiger partial charge in [-0.1, -0.05) is 12.1 Å². The second-order valence-corrected chi connectivity index (χ2v) is 7.23. The highest BCUT2D eigenvalue weighted by molar-refractivity contribution is 5.74. The van der Waals surface area contributed by atoms with Crippen LogP contribution in [0.5, 0.6) is 0 Å². The van der Waals surface area contributed by atoms with Gasteiger partial charge in [0, 0.05) is 50.4 Å². The Balaban J connectivity index is 1.46. The molecule has 0 unspecified atom stereocenters. The van der Waals surface area contributed by atoms with Crippen molar-refractivity contribution < 1.29 is 9.21 Å². The molecule has 0 spiro atoms. The van der Waals surface area contributed by atoms with Crippen molar-refractivity contribution in [2.24, 2.45) is 0 Å². The second-order valence-electron chi connectivity index (χ2n) is 7.23. The Morgan fingerprint density at radius 2 is 1.90 bits per heavy atom. The van der Waals surface area contributed by atoms with Crippen LogP contribution in [0.2, 0.25) is 0 Å². The van der Waals surface area contributed by atoms with Crippen molar-refractivity contribution in [2.75, 3.05) is 36.8 Å². The van der Waals surface area contributed by atoms with E-state index in [0.717, 1.165) is 43.1 Å². The summed E-state index contributed by atoms with van der Waals surface area (Å²) in [6.45, 7) is 4.67. The summed E-state index contributed by atoms with van der Waals surface area (Å²) in [5.74, 6) is 1.42. The molecule has 4 heterocycles. The predicted molar refractivity (Wildman–Crippen MR) is 113 cm³/mol. The van der Waals surface area contributed by atoms with Crippen molar-refractivity contribution in [3.05, 3.63) is 48.7 Å². The number of nitrogens with two attached hydrogens (primary N) is 1. The molecular formula is C21H21N7O2. The van der Waals surface area contributed by atoms with Crippen LogP contribution in [0.25, 0.3) is 28.5 Å². The van der Waals surface area contributed by atoms with Crippen LogP contribution in [0.15, 0.2) is 53.1 Å². The summed E-state index contributed by atoms with van der Waals surface area (Å²) in [6.07, 6.45) is 1.58. The number of aromatic nitrogens is 4. The van der Waals surface area contributed by atoms with Crippen LogP contribution in [-0.4, -0.2) is 56.6 Å². The standard InChI is InChI=1S/C21H21N7O2/c1-14(29)26-7-9-27(10-8-26)16-5-2-4-15(12-16)17-13-19-24-20(18-6-3-11-30-18)25-28(19)21(22)23-17/h2-6,11-13H,7-10H2,1H3,(H2,22,23). The summed E-state index contributed by atoms with van der Waals surface area (Å²) in [5.41, 5.74) is 9.52. The highest BCUT2D eigenvalue weighted by Crippen LogP contribution is 2.27. The molecule has 0 bridgehead atoms. The first-order valence-corrected chi connectivity index (χ1v) is 9.76. The molecule has 0 aliphatic carbocycles. The Labute approximate surface area is 172 Å². The molecule has 0 saturated carbocycles. The third-order valence-corrected chi connectivity index (χ3v) is 5.32. The van der Waals surface area contributed by atoms with E-state index in [1.807, 2.05) is 23.1 Å². The van der Waals surface area contributed by atoms with Gasteiger partial charge in [0.05, 0.1) is 12.0 Å². The van der Waals surface area contributed by atoms with Crippen molar-refractivity contribution in [2.45, 2.75) is 6.92 Å². The van der Waals surface area contributed by atoms with Gasteiger partial charge in [0.25, 0.3) is 0 Å². The number of carbonyl (C=O) groups excluding carboxylic acids is 1. The van der Waals surface area contributed by atoms with Crippen LogP contribution in [0.3, 0.4) is 0 Å². The molecule has 0 atom stereocenters. The van der Waals surface area contributed by atoms with Gasteiger partial charge in [-0.25, -0.2) is 9.97 Å². The number of nitrogen functional groups attached to an aromatic ring is 1. The number of benzene rings is 1. The topological polar surface area (TPSA) is 106 Å². The molecule has 2 N–H and O–H groups in total. The Morgan fingerprint density at radius 1 is 1.07 bits per heavy atom. The quantitative estimate of drug-likeness (QED) is 0.559. The summed E-state index contributed by atoms with van der Waals surface area (Å²) in [5, 5.41) is 4.39. The van der Waals surface area contributed by atoms with Gasteiger partial charge in [-0.2, -0.15) is 4.52 Å². The summed E-state index contributed by atoms with van der Waals surface area (Å²) >= 11 is 0. The van der Waals surface area contributed by atoms with Gasteiger partial charge in [-0.05, 0) is 24.3 Å². The number of fused-ring (bicyclic) bond motifs is 1. The van der Waals surface area contributed by atoms with Crippen LogP contribution in [0, 0.1) is 0 Å². The Kier molecular flexibility index (Phi) is 4.35. The number of hydrogen-bond donors (Lipinski definition) is 1. The average Bonchev–Trinajstić information content (AvgIpc) is 3.44. The Hall–Kier alpha value is -3.88. The van der Waals surface area contributed by atoms with E-state index in [1.54, 1.807) is 25.3 Å². The summed E-state index contributed by atoms with van der Waals surface area (Å²) in [4.78, 5) is 24.8. The molecular weight excluding hydrogens is 382 g/mol. The van der Waals surface area contributed by atoms with Gasteiger partial charge < -0.3 is 20.0 Å². The van der Waals surface area contributed by atoms with E-state index in [1.165, 1.54) is 4.52 Å². The molecule has 5 rings (SSSR count). The van der Waals surface area contributed by atoms with Crippen molar-refractivity contribution >= 4 is 23.2 Å². The van der Waals surface area contributed by atoms with Crippen molar-refractivity contribution in [3.8, 4) is 22.8 Å². The largest absolute Gasteiger partial charge is 0.461 e. The number of amides is 1. The van der Waals surface area contributed by atoms with E-state index in [0.29, 0.717) is 17.2 Å². The molecule has 1 aromatic carbocycles. The molecule has 1 saturated heterocycles. The monoisotopic (exact) mass is 403 g/mol. The number of rotatable bonds is 3. The summed E-state index contributed by atoms with van der Waals surface area (Å²) < 4.78 is 6.89. The first-order valence-electron chi connectivity index (χ1n) is 9.76. The molecule has 1 amide bonds. The first-order chi connectivity index (χ1) is 14.6. The van der Waals surface area contributed by atoms with Gasteiger partial charge >= 0.3 is 0 Å². The number of anilines is 2. The highest BCUT2D eigenvalue weighted by atomic mass is 16.3. The molecule has 3 aromatic heterocycles. The van der Waals surface area contributed by atoms with E-state index in [2.05, 4.69) is 32.1 Å². The molecule has 1 aliphatic heterocycles. The smallest absolute Gasteiger partial charge is 0.223 e. The number of hydrogen-bond acceptors (Lipinski definition) is 7. The maximum absolute atomic E-state index is 11.6. The Bertz CT molecular complexity index is 1210. The van der Waals surface area contributed by atoms with Gasteiger partial charge in [0.15, 0.2) is 11.4 Å². The number of carbonyl (C=O) groups is 1. The lowest BCUT2D eigenvalue weighted by Crippen LogP contribution is -2.48. The fourth-order valence-corrected chi connectivity index (χ4v) is 3.71. The summed E-state index contributed by atoms with van der Waals surface area (Å²) in [6, 6.07) is 13.6. The average molecular weight is 403 g/mol. The minimum Gasteiger partial charge on any atom is -0.461 e. The van der Waals surface area contributed by atoms with Gasteiger partial charge in [0.1, 0.15) is 0 Å². The lowest BCUT2D eigenvalue weighted by molar-refractivity contribution is -0.129. The molecule has 4 aromatic rings. The van der Waals surface area contributed by atoms with Crippen LogP contribution in [0.4, 0.5) is 11.6 Å². The van der Waals surface area contributed by atoms with Gasteiger partial charge in [0.2, 0.25) is 17.7 Å². The second kappa shape index (κ2) is 7.18. The number of piperazine rings is 1. The van der Waals surface area contributed by atoms with Crippen LogP contribution < -0.4 is 10.6 Å². The number of nitrogens with zero attached hydrogens (tertiary/aromatic N) is 6. The normalized spacial score (nSPS) is 14.4. The molecule has 152 valence electrons. The molecule has 9 nitrogen and oxygen atoms in total. The lowest BCUT2D eigenvalue weighted by Gasteiger charge is -2.35. The Morgan fingerprint density at radius 3 is 2.63 bits per heavy atom. The van der Waals surface area contributed by atoms with E-state index in [9.17, 15) is 4.79 Å². The first kappa shape index (κ1) is 18.2. The molecule has 1 fully saturated rings.